The van der Waals surface area contributed by atoms with Crippen LogP contribution in [0.2, 0.25) is 0 Å². The Bertz CT molecular complexity index is 90.7. The first kappa shape index (κ1) is 6.84. The minimum absolute atomic E-state index is 0.528. The van der Waals surface area contributed by atoms with Crippen molar-refractivity contribution in [2.45, 2.75) is 25.0 Å². The van der Waals surface area contributed by atoms with Crippen LogP contribution in [0.25, 0.3) is 0 Å². The molecule has 0 spiro atoms. The van der Waals surface area contributed by atoms with Gasteiger partial charge in [-0.1, -0.05) is 19.6 Å². The third-order valence-corrected chi connectivity index (χ3v) is 1.29. The molecule has 0 aromatic carbocycles. The van der Waals surface area contributed by atoms with Gasteiger partial charge in [0.1, 0.15) is 4.75 Å². The molecule has 0 fully saturated rings. The zero-order valence-electron chi connectivity index (χ0n) is 4.56. The van der Waals surface area contributed by atoms with E-state index in [1.54, 1.807) is 6.92 Å². The maximum absolute atomic E-state index is 8.24. The van der Waals surface area contributed by atoms with Crippen LogP contribution in [0.1, 0.15) is 20.3 Å². The summed E-state index contributed by atoms with van der Waals surface area (Å²) in [6, 6.07) is 2.01. The van der Waals surface area contributed by atoms with Crippen LogP contribution in [0, 0.1) is 11.3 Å². The molecule has 0 amide bonds. The molecule has 0 aliphatic heterocycles. The number of hydrogen-bond donors (Lipinski definition) is 0. The number of rotatable bonds is 1. The maximum atomic E-state index is 8.24. The fraction of sp³-hybridized carbons (Fsp3) is 0.800. The van der Waals surface area contributed by atoms with E-state index < -0.39 is 4.75 Å². The van der Waals surface area contributed by atoms with Crippen molar-refractivity contribution < 1.29 is 0 Å². The fourth-order valence-electron chi connectivity index (χ4n) is 0.0791. The molecule has 0 aliphatic rings. The van der Waals surface area contributed by atoms with E-state index in [1.807, 2.05) is 13.0 Å². The second kappa shape index (κ2) is 2.23. The molecule has 0 aromatic heterocycles. The second-order valence-electron chi connectivity index (χ2n) is 1.70. The summed E-state index contributed by atoms with van der Waals surface area (Å²) in [5, 5.41) is 8.24. The normalized spacial score (nSPS) is 17.4. The van der Waals surface area contributed by atoms with Crippen molar-refractivity contribution >= 4 is 12.6 Å². The largest absolute Gasteiger partial charge is 0.197 e. The molecule has 0 aromatic rings. The first-order valence-electron chi connectivity index (χ1n) is 2.24. The van der Waals surface area contributed by atoms with Gasteiger partial charge < -0.3 is 0 Å². The van der Waals surface area contributed by atoms with Gasteiger partial charge in [0.05, 0.1) is 6.07 Å². The van der Waals surface area contributed by atoms with Crippen LogP contribution in [0.4, 0.5) is 0 Å². The molecular formula is C5H8NS. The van der Waals surface area contributed by atoms with Gasteiger partial charge in [-0.05, 0) is 13.3 Å². The highest BCUT2D eigenvalue weighted by atomic mass is 32.1. The van der Waals surface area contributed by atoms with Crippen LogP contribution in [-0.4, -0.2) is 4.75 Å². The molecule has 0 saturated carbocycles. The summed E-state index contributed by atoms with van der Waals surface area (Å²) in [6.45, 7) is 3.67. The molecule has 0 rings (SSSR count). The van der Waals surface area contributed by atoms with Crippen molar-refractivity contribution in [2.75, 3.05) is 0 Å². The molecule has 1 unspecified atom stereocenters. The minimum Gasteiger partial charge on any atom is -0.197 e. The molecule has 0 N–H and O–H groups in total. The number of nitriles is 1. The fourth-order valence-corrected chi connectivity index (χ4v) is 0.0791. The average Bonchev–Trinajstić information content (AvgIpc) is 1.68. The van der Waals surface area contributed by atoms with E-state index in [0.29, 0.717) is 0 Å². The van der Waals surface area contributed by atoms with Crippen molar-refractivity contribution in [1.82, 2.24) is 0 Å². The Hall–Kier alpha value is -0.160. The number of nitrogens with zero attached hydrogens (tertiary/aromatic N) is 1. The Labute approximate surface area is 49.7 Å². The third-order valence-electron chi connectivity index (χ3n) is 0.911. The van der Waals surface area contributed by atoms with Gasteiger partial charge in [0.15, 0.2) is 0 Å². The molecule has 39 valence electrons. The Morgan fingerprint density at radius 1 is 1.86 bits per heavy atom. The van der Waals surface area contributed by atoms with Gasteiger partial charge in [-0.25, -0.2) is 0 Å². The zero-order chi connectivity index (χ0) is 5.91. The molecule has 0 aliphatic carbocycles. The maximum Gasteiger partial charge on any atom is 0.110 e. The molecule has 2 heteroatoms. The lowest BCUT2D eigenvalue weighted by Crippen LogP contribution is -2.09. The number of hydrogen-bond acceptors (Lipinski definition) is 1. The zero-order valence-corrected chi connectivity index (χ0v) is 5.38. The monoisotopic (exact) mass is 114 g/mol. The lowest BCUT2D eigenvalue weighted by Gasteiger charge is -2.05. The van der Waals surface area contributed by atoms with Crippen LogP contribution >= 0.6 is 12.6 Å². The Morgan fingerprint density at radius 2 is 2.29 bits per heavy atom. The molecule has 1 nitrogen and oxygen atoms in total. The summed E-state index contributed by atoms with van der Waals surface area (Å²) in [6.07, 6.45) is 0.749. The van der Waals surface area contributed by atoms with E-state index in [-0.39, 0.29) is 0 Å². The predicted octanol–water partition coefficient (Wildman–Crippen LogP) is 1.88. The quantitative estimate of drug-likeness (QED) is 0.510. The van der Waals surface area contributed by atoms with Crippen LogP contribution in [0.3, 0.4) is 0 Å². The van der Waals surface area contributed by atoms with E-state index in [9.17, 15) is 0 Å². The van der Waals surface area contributed by atoms with Gasteiger partial charge in [-0.2, -0.15) is 5.26 Å². The van der Waals surface area contributed by atoms with E-state index in [2.05, 4.69) is 0 Å². The highest BCUT2D eigenvalue weighted by Crippen LogP contribution is 2.14. The van der Waals surface area contributed by atoms with Crippen molar-refractivity contribution in [3.63, 3.8) is 0 Å². The van der Waals surface area contributed by atoms with Gasteiger partial charge in [0, 0.05) is 0 Å². The van der Waals surface area contributed by atoms with Crippen LogP contribution in [-0.2, 0) is 0 Å². The smallest absolute Gasteiger partial charge is 0.110 e. The average molecular weight is 114 g/mol. The Kier molecular flexibility index (Phi) is 2.17. The van der Waals surface area contributed by atoms with Crippen molar-refractivity contribution in [2.24, 2.45) is 0 Å². The van der Waals surface area contributed by atoms with Gasteiger partial charge in [0.2, 0.25) is 0 Å². The van der Waals surface area contributed by atoms with E-state index in [0.717, 1.165) is 6.42 Å². The van der Waals surface area contributed by atoms with Crippen molar-refractivity contribution in [1.29, 1.82) is 5.26 Å². The molecule has 7 heavy (non-hydrogen) atoms. The van der Waals surface area contributed by atoms with Gasteiger partial charge in [-0.15, -0.1) is 0 Å². The minimum atomic E-state index is -0.528. The lowest BCUT2D eigenvalue weighted by atomic mass is 10.1. The van der Waals surface area contributed by atoms with Gasteiger partial charge in [0.25, 0.3) is 0 Å². The topological polar surface area (TPSA) is 23.8 Å². The first-order chi connectivity index (χ1) is 3.12. The molecule has 1 atom stereocenters. The summed E-state index contributed by atoms with van der Waals surface area (Å²) in [5.74, 6) is 0. The van der Waals surface area contributed by atoms with E-state index in [4.69, 9.17) is 17.9 Å². The van der Waals surface area contributed by atoms with E-state index >= 15 is 0 Å². The molecular weight excluding hydrogens is 106 g/mol. The predicted molar refractivity (Wildman–Crippen MR) is 31.9 cm³/mol. The summed E-state index contributed by atoms with van der Waals surface area (Å²) >= 11 is 4.78. The third kappa shape index (κ3) is 2.52. The Morgan fingerprint density at radius 3 is 2.29 bits per heavy atom. The summed E-state index contributed by atoms with van der Waals surface area (Å²) < 4.78 is -0.528. The van der Waals surface area contributed by atoms with Gasteiger partial charge >= 0.3 is 0 Å². The van der Waals surface area contributed by atoms with Crippen LogP contribution in [0.5, 0.6) is 0 Å². The van der Waals surface area contributed by atoms with Crippen LogP contribution < -0.4 is 0 Å². The van der Waals surface area contributed by atoms with Crippen molar-refractivity contribution in [3.05, 3.63) is 0 Å². The molecule has 0 heterocycles. The molecule has 0 saturated heterocycles. The highest BCUT2D eigenvalue weighted by Gasteiger charge is 2.14. The van der Waals surface area contributed by atoms with Crippen LogP contribution in [0.15, 0.2) is 0 Å². The second-order valence-corrected chi connectivity index (χ2v) is 2.60. The molecule has 0 bridgehead atoms. The summed E-state index contributed by atoms with van der Waals surface area (Å²) in [5.41, 5.74) is 0. The van der Waals surface area contributed by atoms with Gasteiger partial charge in [-0.3, -0.25) is 0 Å². The SMILES string of the molecule is CCC(C)([S])C#N. The summed E-state index contributed by atoms with van der Waals surface area (Å²) in [7, 11) is 0. The van der Waals surface area contributed by atoms with Crippen molar-refractivity contribution in [3.8, 4) is 6.07 Å². The Balaban J connectivity index is 3.66. The highest BCUT2D eigenvalue weighted by molar-refractivity contribution is 7.82. The lowest BCUT2D eigenvalue weighted by molar-refractivity contribution is 0.775. The standard InChI is InChI=1S/C5H8NS/c1-3-5(2,7)4-6/h3H2,1-2H3. The van der Waals surface area contributed by atoms with E-state index in [1.165, 1.54) is 0 Å². The molecule has 1 radical (unpaired) electrons. The summed E-state index contributed by atoms with van der Waals surface area (Å²) in [4.78, 5) is 0. The first-order valence-corrected chi connectivity index (χ1v) is 2.65.